The lowest BCUT2D eigenvalue weighted by atomic mass is 9.94. The average molecular weight is 503 g/mol. The van der Waals surface area contributed by atoms with Gasteiger partial charge in [-0.3, -0.25) is 13.9 Å². The predicted molar refractivity (Wildman–Crippen MR) is 146 cm³/mol. The van der Waals surface area contributed by atoms with Crippen molar-refractivity contribution in [3.8, 4) is 11.3 Å². The minimum atomic E-state index is -0.0964. The van der Waals surface area contributed by atoms with E-state index in [4.69, 9.17) is 4.74 Å². The molecule has 1 saturated heterocycles. The van der Waals surface area contributed by atoms with Gasteiger partial charge >= 0.3 is 5.69 Å². The maximum absolute atomic E-state index is 14.5. The van der Waals surface area contributed by atoms with E-state index < -0.39 is 0 Å². The summed E-state index contributed by atoms with van der Waals surface area (Å²) in [5.41, 5.74) is 3.28. The van der Waals surface area contributed by atoms with Crippen LogP contribution in [-0.4, -0.2) is 59.3 Å². The third-order valence-corrected chi connectivity index (χ3v) is 7.81. The summed E-state index contributed by atoms with van der Waals surface area (Å²) in [6, 6.07) is 20.4. The second kappa shape index (κ2) is 11.9. The van der Waals surface area contributed by atoms with Gasteiger partial charge in [0.2, 0.25) is 0 Å². The summed E-state index contributed by atoms with van der Waals surface area (Å²) < 4.78 is 9.00. The Morgan fingerprint density at radius 3 is 2.41 bits per heavy atom. The second-order valence-electron chi connectivity index (χ2n) is 10.2. The number of aromatic nitrogens is 2. The minimum Gasteiger partial charge on any atom is -0.383 e. The van der Waals surface area contributed by atoms with Crippen LogP contribution in [0, 0.1) is 0 Å². The molecule has 2 aromatic carbocycles. The van der Waals surface area contributed by atoms with E-state index in [9.17, 15) is 9.59 Å². The number of imidazole rings is 1. The van der Waals surface area contributed by atoms with Crippen LogP contribution in [0.4, 0.5) is 0 Å². The Bertz CT molecular complexity index is 1230. The average Bonchev–Trinajstić information content (AvgIpc) is 3.25. The van der Waals surface area contributed by atoms with Crippen LogP contribution in [0.1, 0.15) is 54.2 Å². The highest BCUT2D eigenvalue weighted by Crippen LogP contribution is 2.34. The Morgan fingerprint density at radius 2 is 1.70 bits per heavy atom. The Hall–Kier alpha value is -3.16. The topological polar surface area (TPSA) is 68.5 Å². The van der Waals surface area contributed by atoms with Gasteiger partial charge in [0.25, 0.3) is 5.91 Å². The van der Waals surface area contributed by atoms with Crippen LogP contribution in [0.25, 0.3) is 11.3 Å². The summed E-state index contributed by atoms with van der Waals surface area (Å²) in [7, 11) is 1.63. The molecule has 0 unspecified atom stereocenters. The molecule has 1 aliphatic heterocycles. The van der Waals surface area contributed by atoms with Crippen molar-refractivity contribution in [2.24, 2.45) is 0 Å². The molecule has 1 amide bonds. The van der Waals surface area contributed by atoms with E-state index in [1.165, 1.54) is 12.0 Å². The lowest BCUT2D eigenvalue weighted by molar-refractivity contribution is 0.0623. The summed E-state index contributed by atoms with van der Waals surface area (Å²) in [6.07, 6.45) is 6.11. The van der Waals surface area contributed by atoms with Gasteiger partial charge in [0.15, 0.2) is 0 Å². The summed E-state index contributed by atoms with van der Waals surface area (Å²) in [5.74, 6) is -0.0657. The van der Waals surface area contributed by atoms with E-state index >= 15 is 0 Å². The number of methoxy groups -OCH3 is 1. The number of nitrogens with zero attached hydrogens (tertiary/aromatic N) is 3. The van der Waals surface area contributed by atoms with Crippen molar-refractivity contribution in [3.05, 3.63) is 82.4 Å². The number of benzene rings is 2. The van der Waals surface area contributed by atoms with E-state index in [1.54, 1.807) is 11.7 Å². The smallest absolute Gasteiger partial charge is 0.329 e. The molecule has 0 radical (unpaired) electrons. The van der Waals surface area contributed by atoms with Gasteiger partial charge in [-0.05, 0) is 24.8 Å². The van der Waals surface area contributed by atoms with Crippen molar-refractivity contribution in [2.75, 3.05) is 33.4 Å². The van der Waals surface area contributed by atoms with E-state index in [0.717, 1.165) is 56.5 Å². The molecule has 1 atom stereocenters. The highest BCUT2D eigenvalue weighted by Gasteiger charge is 2.35. The van der Waals surface area contributed by atoms with E-state index in [2.05, 4.69) is 17.4 Å². The number of amides is 1. The molecule has 1 aliphatic carbocycles. The molecule has 1 saturated carbocycles. The maximum Gasteiger partial charge on any atom is 0.329 e. The minimum absolute atomic E-state index is 0.0104. The Balaban J connectivity index is 1.62. The van der Waals surface area contributed by atoms with E-state index in [1.807, 2.05) is 58.0 Å². The molecule has 1 aromatic heterocycles. The Morgan fingerprint density at radius 1 is 1.00 bits per heavy atom. The largest absolute Gasteiger partial charge is 0.383 e. The quantitative estimate of drug-likeness (QED) is 0.503. The van der Waals surface area contributed by atoms with E-state index in [0.29, 0.717) is 25.4 Å². The fourth-order valence-corrected chi connectivity index (χ4v) is 5.95. The molecule has 2 fully saturated rings. The molecule has 1 N–H and O–H groups in total. The molecule has 0 bridgehead atoms. The molecular formula is C30H38N4O3. The van der Waals surface area contributed by atoms with Crippen LogP contribution in [0.3, 0.4) is 0 Å². The van der Waals surface area contributed by atoms with Gasteiger partial charge in [-0.2, -0.15) is 0 Å². The molecule has 2 heterocycles. The first kappa shape index (κ1) is 25.5. The number of hydrogen-bond acceptors (Lipinski definition) is 4. The third-order valence-electron chi connectivity index (χ3n) is 7.81. The summed E-state index contributed by atoms with van der Waals surface area (Å²) in [5, 5.41) is 3.47. The Labute approximate surface area is 219 Å². The number of carbonyl (C=O) groups is 1. The Kier molecular flexibility index (Phi) is 8.21. The third kappa shape index (κ3) is 5.43. The van der Waals surface area contributed by atoms with Crippen molar-refractivity contribution in [2.45, 2.75) is 57.2 Å². The first-order valence-electron chi connectivity index (χ1n) is 13.6. The van der Waals surface area contributed by atoms with Crippen molar-refractivity contribution >= 4 is 5.91 Å². The van der Waals surface area contributed by atoms with Crippen LogP contribution < -0.4 is 11.0 Å². The van der Waals surface area contributed by atoms with Gasteiger partial charge in [0, 0.05) is 44.4 Å². The number of hydrogen-bond donors (Lipinski definition) is 1. The summed E-state index contributed by atoms with van der Waals surface area (Å²) in [4.78, 5) is 30.5. The maximum atomic E-state index is 14.5. The van der Waals surface area contributed by atoms with Crippen LogP contribution in [0.5, 0.6) is 0 Å². The van der Waals surface area contributed by atoms with Crippen LogP contribution in [0.15, 0.2) is 65.5 Å². The van der Waals surface area contributed by atoms with Gasteiger partial charge in [-0.15, -0.1) is 0 Å². The molecule has 196 valence electrons. The predicted octanol–water partition coefficient (Wildman–Crippen LogP) is 4.13. The fourth-order valence-electron chi connectivity index (χ4n) is 5.95. The van der Waals surface area contributed by atoms with Crippen molar-refractivity contribution < 1.29 is 9.53 Å². The molecule has 37 heavy (non-hydrogen) atoms. The SMILES string of the molecule is COCCn1c(C(=O)N2CCNC[C@H]2Cc2ccccc2)c(-c2ccccc2)n(C2CCCCC2)c1=O. The lowest BCUT2D eigenvalue weighted by Gasteiger charge is -2.36. The normalized spacial score (nSPS) is 18.7. The molecular weight excluding hydrogens is 464 g/mol. The fraction of sp³-hybridized carbons (Fsp3) is 0.467. The molecule has 2 aliphatic rings. The molecule has 5 rings (SSSR count). The highest BCUT2D eigenvalue weighted by atomic mass is 16.5. The van der Waals surface area contributed by atoms with Gasteiger partial charge in [-0.1, -0.05) is 79.9 Å². The van der Waals surface area contributed by atoms with Gasteiger partial charge in [0.1, 0.15) is 5.69 Å². The standard InChI is InChI=1S/C30H38N4O3/c1-37-20-19-33-28(29(35)32-18-17-31-22-26(32)21-23-11-5-2-6-12-23)27(24-13-7-3-8-14-24)34(30(33)36)25-15-9-4-10-16-25/h2-3,5-8,11-14,25-26,31H,4,9-10,15-22H2,1H3/t26-/m1/s1. The first-order chi connectivity index (χ1) is 18.2. The molecule has 0 spiro atoms. The van der Waals surface area contributed by atoms with Crippen molar-refractivity contribution in [3.63, 3.8) is 0 Å². The zero-order valence-corrected chi connectivity index (χ0v) is 21.8. The van der Waals surface area contributed by atoms with Crippen LogP contribution >= 0.6 is 0 Å². The van der Waals surface area contributed by atoms with Crippen molar-refractivity contribution in [1.82, 2.24) is 19.4 Å². The molecule has 7 nitrogen and oxygen atoms in total. The van der Waals surface area contributed by atoms with Gasteiger partial charge < -0.3 is 15.0 Å². The second-order valence-corrected chi connectivity index (χ2v) is 10.2. The van der Waals surface area contributed by atoms with Crippen LogP contribution in [0.2, 0.25) is 0 Å². The zero-order chi connectivity index (χ0) is 25.6. The number of nitrogens with one attached hydrogen (secondary N) is 1. The van der Waals surface area contributed by atoms with Gasteiger partial charge in [0.05, 0.1) is 18.8 Å². The molecule has 3 aromatic rings. The number of carbonyl (C=O) groups excluding carboxylic acids is 1. The van der Waals surface area contributed by atoms with Crippen molar-refractivity contribution in [1.29, 1.82) is 0 Å². The lowest BCUT2D eigenvalue weighted by Crippen LogP contribution is -2.55. The number of rotatable bonds is 8. The van der Waals surface area contributed by atoms with Crippen LogP contribution in [-0.2, 0) is 17.7 Å². The highest BCUT2D eigenvalue weighted by molar-refractivity contribution is 5.99. The van der Waals surface area contributed by atoms with E-state index in [-0.39, 0.29) is 23.7 Å². The molecule has 7 heteroatoms. The van der Waals surface area contributed by atoms with Gasteiger partial charge in [-0.25, -0.2) is 4.79 Å². The first-order valence-corrected chi connectivity index (χ1v) is 13.6. The number of piperazine rings is 1. The number of ether oxygens (including phenoxy) is 1. The monoisotopic (exact) mass is 502 g/mol. The summed E-state index contributed by atoms with van der Waals surface area (Å²) in [6.45, 7) is 2.80. The zero-order valence-electron chi connectivity index (χ0n) is 21.8. The summed E-state index contributed by atoms with van der Waals surface area (Å²) >= 11 is 0.